The first-order chi connectivity index (χ1) is 16.8. The van der Waals surface area contributed by atoms with Gasteiger partial charge in [0.05, 0.1) is 43.3 Å². The first kappa shape index (κ1) is 23.5. The first-order valence-electron chi connectivity index (χ1n) is 11.2. The van der Waals surface area contributed by atoms with Crippen LogP contribution in [0.15, 0.2) is 18.6 Å². The van der Waals surface area contributed by atoms with E-state index >= 15 is 0 Å². The fourth-order valence-corrected chi connectivity index (χ4v) is 4.97. The molecule has 14 nitrogen and oxygen atoms in total. The van der Waals surface area contributed by atoms with Crippen LogP contribution in [0.25, 0.3) is 22.3 Å². The summed E-state index contributed by atoms with van der Waals surface area (Å²) in [5.74, 6) is 0.345. The second-order valence-electron chi connectivity index (χ2n) is 8.43. The minimum Gasteiger partial charge on any atom is -0.378 e. The van der Waals surface area contributed by atoms with Gasteiger partial charge in [0, 0.05) is 57.2 Å². The first-order valence-corrected chi connectivity index (χ1v) is 13.0. The Balaban J connectivity index is 1.46. The number of nitrogens with two attached hydrogens (primary N) is 1. The Morgan fingerprint density at radius 3 is 2.37 bits per heavy atom. The third-order valence-corrected chi connectivity index (χ3v) is 7.35. The Morgan fingerprint density at radius 2 is 1.71 bits per heavy atom. The summed E-state index contributed by atoms with van der Waals surface area (Å²) in [6, 6.07) is 0. The molecule has 2 N–H and O–H groups in total. The van der Waals surface area contributed by atoms with Crippen LogP contribution in [0.5, 0.6) is 0 Å². The highest BCUT2D eigenvalue weighted by Crippen LogP contribution is 2.28. The second kappa shape index (κ2) is 9.41. The molecule has 2 aliphatic heterocycles. The summed E-state index contributed by atoms with van der Waals surface area (Å²) in [6.45, 7) is 4.05. The molecule has 0 unspecified atom stereocenters. The lowest BCUT2D eigenvalue weighted by atomic mass is 10.2. The number of morpholine rings is 1. The molecule has 2 fully saturated rings. The van der Waals surface area contributed by atoms with Gasteiger partial charge in [-0.1, -0.05) is 0 Å². The van der Waals surface area contributed by atoms with E-state index in [0.717, 1.165) is 0 Å². The summed E-state index contributed by atoms with van der Waals surface area (Å²) in [4.78, 5) is 34.7. The molecule has 186 valence electrons. The molecule has 0 amide bonds. The van der Waals surface area contributed by atoms with Gasteiger partial charge >= 0.3 is 0 Å². The molecule has 0 atom stereocenters. The van der Waals surface area contributed by atoms with Crippen LogP contribution >= 0.6 is 0 Å². The van der Waals surface area contributed by atoms with Crippen molar-refractivity contribution >= 4 is 38.9 Å². The number of hydrogen-bond acceptors (Lipinski definition) is 12. The third-order valence-electron chi connectivity index (χ3n) is 6.05. The van der Waals surface area contributed by atoms with E-state index in [1.807, 2.05) is 9.80 Å². The Labute approximate surface area is 201 Å². The molecule has 0 aromatic carbocycles. The van der Waals surface area contributed by atoms with Crippen LogP contribution in [0.1, 0.15) is 4.79 Å². The Kier molecular flexibility index (Phi) is 6.31. The molecule has 35 heavy (non-hydrogen) atoms. The smallest absolute Gasteiger partial charge is 0.263 e. The molecule has 3 aromatic heterocycles. The fourth-order valence-electron chi connectivity index (χ4n) is 4.14. The maximum atomic E-state index is 13.2. The van der Waals surface area contributed by atoms with Crippen LogP contribution in [-0.4, -0.2) is 119 Å². The minimum absolute atomic E-state index is 0.0889. The number of hydrogen-bond donors (Lipinski definition) is 1. The van der Waals surface area contributed by atoms with Crippen molar-refractivity contribution in [2.45, 2.75) is 0 Å². The third kappa shape index (κ3) is 4.93. The van der Waals surface area contributed by atoms with Crippen LogP contribution in [0.4, 0.5) is 11.9 Å². The maximum absolute atomic E-state index is 13.2. The van der Waals surface area contributed by atoms with Crippen LogP contribution in [0.2, 0.25) is 0 Å². The normalized spacial score (nSPS) is 18.3. The number of carbonyl (C=O) groups excluding carboxylic acids is 1. The minimum atomic E-state index is -3.24. The van der Waals surface area contributed by atoms with Crippen LogP contribution in [0.3, 0.4) is 0 Å². The zero-order valence-electron chi connectivity index (χ0n) is 19.2. The molecule has 2 aliphatic rings. The summed E-state index contributed by atoms with van der Waals surface area (Å²) < 4.78 is 31.7. The Morgan fingerprint density at radius 1 is 1.03 bits per heavy atom. The Hall–Kier alpha value is -3.27. The number of anilines is 2. The van der Waals surface area contributed by atoms with Gasteiger partial charge in [0.2, 0.25) is 21.9 Å². The maximum Gasteiger partial charge on any atom is 0.263 e. The fraction of sp³-hybridized carbons (Fsp3) is 0.500. The van der Waals surface area contributed by atoms with Gasteiger partial charge in [-0.15, -0.1) is 0 Å². The van der Waals surface area contributed by atoms with E-state index in [0.29, 0.717) is 80.7 Å². The van der Waals surface area contributed by atoms with Crippen molar-refractivity contribution in [1.82, 2.24) is 38.9 Å². The molecule has 0 saturated carbocycles. The van der Waals surface area contributed by atoms with Gasteiger partial charge in [-0.2, -0.15) is 19.1 Å². The highest BCUT2D eigenvalue weighted by atomic mass is 32.2. The number of nitrogens with zero attached hydrogens (tertiary/aromatic N) is 9. The SMILES string of the molecule is CS(=O)(=O)N1CCN(CC(=O)n2ncc3c(-c4cnc(N)nc4)nc(N4CCOCC4)nc32)CC1. The zero-order chi connectivity index (χ0) is 24.6. The number of carbonyl (C=O) groups is 1. The highest BCUT2D eigenvalue weighted by Gasteiger charge is 2.27. The van der Waals surface area contributed by atoms with Crippen LogP contribution in [-0.2, 0) is 14.8 Å². The zero-order valence-corrected chi connectivity index (χ0v) is 20.1. The number of nitrogen functional groups attached to an aromatic ring is 1. The van der Waals surface area contributed by atoms with Gasteiger partial charge in [0.15, 0.2) is 5.65 Å². The lowest BCUT2D eigenvalue weighted by Gasteiger charge is -2.32. The van der Waals surface area contributed by atoms with E-state index in [-0.39, 0.29) is 18.4 Å². The van der Waals surface area contributed by atoms with Gasteiger partial charge in [-0.25, -0.2) is 23.4 Å². The molecule has 0 aliphatic carbocycles. The number of sulfonamides is 1. The number of rotatable bonds is 5. The molecule has 0 bridgehead atoms. The monoisotopic (exact) mass is 502 g/mol. The molecule has 15 heteroatoms. The molecule has 5 rings (SSSR count). The van der Waals surface area contributed by atoms with E-state index in [2.05, 4.69) is 20.1 Å². The predicted molar refractivity (Wildman–Crippen MR) is 127 cm³/mol. The van der Waals surface area contributed by atoms with Gasteiger partial charge < -0.3 is 15.4 Å². The van der Waals surface area contributed by atoms with Gasteiger partial charge in [0.25, 0.3) is 5.91 Å². The van der Waals surface area contributed by atoms with Crippen molar-refractivity contribution in [3.05, 3.63) is 18.6 Å². The van der Waals surface area contributed by atoms with E-state index in [1.165, 1.54) is 15.2 Å². The van der Waals surface area contributed by atoms with Gasteiger partial charge in [-0.05, 0) is 0 Å². The van der Waals surface area contributed by atoms with Crippen molar-refractivity contribution in [3.8, 4) is 11.3 Å². The average molecular weight is 503 g/mol. The van der Waals surface area contributed by atoms with E-state index in [1.54, 1.807) is 18.6 Å². The lowest BCUT2D eigenvalue weighted by Crippen LogP contribution is -2.50. The summed E-state index contributed by atoms with van der Waals surface area (Å²) in [6.07, 6.45) is 5.91. The van der Waals surface area contributed by atoms with Crippen molar-refractivity contribution in [2.75, 3.05) is 75.9 Å². The van der Waals surface area contributed by atoms with Crippen LogP contribution in [0, 0.1) is 0 Å². The number of aromatic nitrogens is 6. The number of ether oxygens (including phenoxy) is 1. The number of fused-ring (bicyclic) bond motifs is 1. The van der Waals surface area contributed by atoms with E-state index < -0.39 is 10.0 Å². The van der Waals surface area contributed by atoms with Gasteiger partial charge in [0.1, 0.15) is 0 Å². The van der Waals surface area contributed by atoms with Crippen molar-refractivity contribution in [2.24, 2.45) is 0 Å². The molecule has 0 radical (unpaired) electrons. The quantitative estimate of drug-likeness (QED) is 0.449. The molecular formula is C20H26N10O4S. The molecule has 2 saturated heterocycles. The van der Waals surface area contributed by atoms with Crippen molar-refractivity contribution < 1.29 is 17.9 Å². The average Bonchev–Trinajstić information content (AvgIpc) is 3.29. The summed E-state index contributed by atoms with van der Waals surface area (Å²) in [7, 11) is -3.24. The molecule has 3 aromatic rings. The topological polar surface area (TPSA) is 166 Å². The second-order valence-corrected chi connectivity index (χ2v) is 10.4. The van der Waals surface area contributed by atoms with E-state index in [9.17, 15) is 13.2 Å². The largest absolute Gasteiger partial charge is 0.378 e. The molecule has 0 spiro atoms. The molecule has 5 heterocycles. The standard InChI is InChI=1S/C20H26N10O4S/c1-35(32,33)29-4-2-27(3-5-29)13-16(31)30-18-15(12-24-30)17(14-10-22-19(21)23-11-14)25-20(26-18)28-6-8-34-9-7-28/h10-12H,2-9,13H2,1H3,(H2,21,22,23). The summed E-state index contributed by atoms with van der Waals surface area (Å²) >= 11 is 0. The van der Waals surface area contributed by atoms with Crippen molar-refractivity contribution in [3.63, 3.8) is 0 Å². The number of piperazine rings is 1. The van der Waals surface area contributed by atoms with Crippen molar-refractivity contribution in [1.29, 1.82) is 0 Å². The molecular weight excluding hydrogens is 476 g/mol. The van der Waals surface area contributed by atoms with E-state index in [4.69, 9.17) is 15.5 Å². The predicted octanol–water partition coefficient (Wildman–Crippen LogP) is -1.08. The summed E-state index contributed by atoms with van der Waals surface area (Å²) in [5, 5.41) is 4.92. The van der Waals surface area contributed by atoms with Crippen LogP contribution < -0.4 is 10.6 Å². The lowest BCUT2D eigenvalue weighted by molar-refractivity contribution is 0.0809. The Bertz CT molecular complexity index is 1330. The van der Waals surface area contributed by atoms with Gasteiger partial charge in [-0.3, -0.25) is 9.69 Å². The summed E-state index contributed by atoms with van der Waals surface area (Å²) in [5.41, 5.74) is 7.22. The highest BCUT2D eigenvalue weighted by molar-refractivity contribution is 7.88.